The highest BCUT2D eigenvalue weighted by Gasteiger charge is 2.41. The van der Waals surface area contributed by atoms with E-state index in [2.05, 4.69) is 15.3 Å². The maximum Gasteiger partial charge on any atom is 0.222 e. The third kappa shape index (κ3) is 2.88. The molecular formula is C11H16FN3O. The topological polar surface area (TPSA) is 47.0 Å². The van der Waals surface area contributed by atoms with Crippen molar-refractivity contribution in [3.05, 3.63) is 18.2 Å². The third-order valence-corrected chi connectivity index (χ3v) is 3.04. The fourth-order valence-electron chi connectivity index (χ4n) is 1.68. The van der Waals surface area contributed by atoms with Crippen molar-refractivity contribution in [2.45, 2.75) is 19.3 Å². The summed E-state index contributed by atoms with van der Waals surface area (Å²) in [6.45, 7) is 1.62. The highest BCUT2D eigenvalue weighted by atomic mass is 19.1. The van der Waals surface area contributed by atoms with E-state index in [1.165, 1.54) is 25.2 Å². The summed E-state index contributed by atoms with van der Waals surface area (Å²) in [5.74, 6) is 0.0798. The fraction of sp³-hybridized carbons (Fsp3) is 0.636. The first-order valence-corrected chi connectivity index (χ1v) is 5.44. The number of methoxy groups -OCH3 is 1. The molecule has 1 saturated carbocycles. The van der Waals surface area contributed by atoms with E-state index in [0.717, 1.165) is 19.6 Å². The van der Waals surface area contributed by atoms with Gasteiger partial charge in [0.25, 0.3) is 0 Å². The summed E-state index contributed by atoms with van der Waals surface area (Å²) in [5, 5.41) is 3.14. The minimum atomic E-state index is -0.411. The van der Waals surface area contributed by atoms with Crippen LogP contribution in [0.3, 0.4) is 0 Å². The molecule has 2 rings (SSSR count). The SMILES string of the molecule is COCCC1(CNc2ncc(F)cn2)CC1. The zero-order chi connectivity index (χ0) is 11.4. The number of nitrogens with zero attached hydrogens (tertiary/aromatic N) is 2. The van der Waals surface area contributed by atoms with Crippen LogP contribution in [-0.4, -0.2) is 30.2 Å². The van der Waals surface area contributed by atoms with Crippen molar-refractivity contribution in [3.8, 4) is 0 Å². The molecule has 1 heterocycles. The Morgan fingerprint density at radius 1 is 1.44 bits per heavy atom. The predicted octanol–water partition coefficient (Wildman–Crippen LogP) is 1.84. The Morgan fingerprint density at radius 3 is 2.69 bits per heavy atom. The number of aromatic nitrogens is 2. The fourth-order valence-corrected chi connectivity index (χ4v) is 1.68. The molecule has 0 radical (unpaired) electrons. The number of hydrogen-bond acceptors (Lipinski definition) is 4. The lowest BCUT2D eigenvalue weighted by Gasteiger charge is -2.15. The number of hydrogen-bond donors (Lipinski definition) is 1. The maximum absolute atomic E-state index is 12.6. The molecule has 4 nitrogen and oxygen atoms in total. The van der Waals surface area contributed by atoms with Gasteiger partial charge in [-0.25, -0.2) is 14.4 Å². The van der Waals surface area contributed by atoms with Gasteiger partial charge >= 0.3 is 0 Å². The van der Waals surface area contributed by atoms with Crippen molar-refractivity contribution < 1.29 is 9.13 Å². The van der Waals surface area contributed by atoms with Gasteiger partial charge in [0.2, 0.25) is 5.95 Å². The van der Waals surface area contributed by atoms with Gasteiger partial charge in [0, 0.05) is 20.3 Å². The predicted molar refractivity (Wildman–Crippen MR) is 58.6 cm³/mol. The molecular weight excluding hydrogens is 209 g/mol. The molecule has 0 bridgehead atoms. The van der Waals surface area contributed by atoms with Crippen LogP contribution < -0.4 is 5.32 Å². The van der Waals surface area contributed by atoms with Gasteiger partial charge < -0.3 is 10.1 Å². The van der Waals surface area contributed by atoms with Crippen LogP contribution in [0.5, 0.6) is 0 Å². The summed E-state index contributed by atoms with van der Waals surface area (Å²) < 4.78 is 17.6. The molecule has 1 aliphatic rings. The number of halogens is 1. The Kier molecular flexibility index (Phi) is 3.33. The van der Waals surface area contributed by atoms with Crippen molar-refractivity contribution in [2.24, 2.45) is 5.41 Å². The highest BCUT2D eigenvalue weighted by Crippen LogP contribution is 2.48. The van der Waals surface area contributed by atoms with Gasteiger partial charge in [-0.15, -0.1) is 0 Å². The quantitative estimate of drug-likeness (QED) is 0.802. The van der Waals surface area contributed by atoms with E-state index in [1.54, 1.807) is 7.11 Å². The highest BCUT2D eigenvalue weighted by molar-refractivity contribution is 5.24. The summed E-state index contributed by atoms with van der Waals surface area (Å²) in [7, 11) is 1.71. The third-order valence-electron chi connectivity index (χ3n) is 3.04. The van der Waals surface area contributed by atoms with Crippen LogP contribution >= 0.6 is 0 Å². The molecule has 0 amide bonds. The molecule has 1 aliphatic carbocycles. The second-order valence-electron chi connectivity index (χ2n) is 4.32. The molecule has 0 saturated heterocycles. The van der Waals surface area contributed by atoms with Crippen LogP contribution in [-0.2, 0) is 4.74 Å². The van der Waals surface area contributed by atoms with Gasteiger partial charge in [0.05, 0.1) is 12.4 Å². The van der Waals surface area contributed by atoms with Gasteiger partial charge in [-0.1, -0.05) is 0 Å². The average molecular weight is 225 g/mol. The Bertz CT molecular complexity index is 338. The first-order valence-electron chi connectivity index (χ1n) is 5.44. The monoisotopic (exact) mass is 225 g/mol. The summed E-state index contributed by atoms with van der Waals surface area (Å²) in [6.07, 6.45) is 5.82. The lowest BCUT2D eigenvalue weighted by atomic mass is 10.0. The van der Waals surface area contributed by atoms with E-state index in [9.17, 15) is 4.39 Å². The molecule has 0 spiro atoms. The van der Waals surface area contributed by atoms with Crippen LogP contribution in [0, 0.1) is 11.2 Å². The van der Waals surface area contributed by atoms with E-state index in [4.69, 9.17) is 4.74 Å². The number of nitrogens with one attached hydrogen (secondary N) is 1. The molecule has 1 aromatic rings. The number of ether oxygens (including phenoxy) is 1. The van der Waals surface area contributed by atoms with Crippen LogP contribution in [0.15, 0.2) is 12.4 Å². The van der Waals surface area contributed by atoms with Gasteiger partial charge in [-0.05, 0) is 24.7 Å². The second kappa shape index (κ2) is 4.74. The van der Waals surface area contributed by atoms with Crippen LogP contribution in [0.25, 0.3) is 0 Å². The molecule has 1 aromatic heterocycles. The first-order chi connectivity index (χ1) is 7.74. The smallest absolute Gasteiger partial charge is 0.222 e. The summed E-state index contributed by atoms with van der Waals surface area (Å²) >= 11 is 0. The lowest BCUT2D eigenvalue weighted by molar-refractivity contribution is 0.175. The average Bonchev–Trinajstić information content (AvgIpc) is 3.07. The van der Waals surface area contributed by atoms with Gasteiger partial charge in [-0.3, -0.25) is 0 Å². The van der Waals surface area contributed by atoms with Crippen molar-refractivity contribution in [1.29, 1.82) is 0 Å². The summed E-state index contributed by atoms with van der Waals surface area (Å²) in [4.78, 5) is 7.72. The largest absolute Gasteiger partial charge is 0.385 e. The first kappa shape index (κ1) is 11.3. The van der Waals surface area contributed by atoms with E-state index in [0.29, 0.717) is 11.4 Å². The number of anilines is 1. The van der Waals surface area contributed by atoms with Crippen molar-refractivity contribution in [3.63, 3.8) is 0 Å². The number of rotatable bonds is 6. The normalized spacial score (nSPS) is 17.1. The summed E-state index contributed by atoms with van der Waals surface area (Å²) in [6, 6.07) is 0. The Hall–Kier alpha value is -1.23. The molecule has 16 heavy (non-hydrogen) atoms. The van der Waals surface area contributed by atoms with Crippen molar-refractivity contribution >= 4 is 5.95 Å². The van der Waals surface area contributed by atoms with Crippen LogP contribution in [0.1, 0.15) is 19.3 Å². The molecule has 88 valence electrons. The molecule has 0 aliphatic heterocycles. The van der Waals surface area contributed by atoms with E-state index >= 15 is 0 Å². The van der Waals surface area contributed by atoms with Crippen LogP contribution in [0.4, 0.5) is 10.3 Å². The standard InChI is InChI=1S/C11H16FN3O/c1-16-5-4-11(2-3-11)8-15-10-13-6-9(12)7-14-10/h6-7H,2-5,8H2,1H3,(H,13,14,15). The van der Waals surface area contributed by atoms with E-state index in [-0.39, 0.29) is 0 Å². The molecule has 5 heteroatoms. The second-order valence-corrected chi connectivity index (χ2v) is 4.32. The van der Waals surface area contributed by atoms with Gasteiger partial charge in [0.1, 0.15) is 0 Å². The Labute approximate surface area is 94.2 Å². The Morgan fingerprint density at radius 2 is 2.12 bits per heavy atom. The molecule has 1 fully saturated rings. The van der Waals surface area contributed by atoms with Crippen molar-refractivity contribution in [2.75, 3.05) is 25.6 Å². The molecule has 0 aromatic carbocycles. The van der Waals surface area contributed by atoms with E-state index < -0.39 is 5.82 Å². The molecule has 0 atom stereocenters. The Balaban J connectivity index is 1.81. The zero-order valence-electron chi connectivity index (χ0n) is 9.37. The van der Waals surface area contributed by atoms with Crippen molar-refractivity contribution in [1.82, 2.24) is 9.97 Å². The summed E-state index contributed by atoms with van der Waals surface area (Å²) in [5.41, 5.74) is 0.341. The molecule has 0 unspecified atom stereocenters. The minimum absolute atomic E-state index is 0.341. The van der Waals surface area contributed by atoms with Gasteiger partial charge in [0.15, 0.2) is 5.82 Å². The zero-order valence-corrected chi connectivity index (χ0v) is 9.37. The minimum Gasteiger partial charge on any atom is -0.385 e. The van der Waals surface area contributed by atoms with Gasteiger partial charge in [-0.2, -0.15) is 0 Å². The van der Waals surface area contributed by atoms with Crippen LogP contribution in [0.2, 0.25) is 0 Å². The maximum atomic E-state index is 12.6. The van der Waals surface area contributed by atoms with E-state index in [1.807, 2.05) is 0 Å². The molecule has 1 N–H and O–H groups in total. The lowest BCUT2D eigenvalue weighted by Crippen LogP contribution is -2.18.